The minimum absolute atomic E-state index is 0.00971. The Labute approximate surface area is 144 Å². The van der Waals surface area contributed by atoms with Crippen LogP contribution in [-0.2, 0) is 6.42 Å². The summed E-state index contributed by atoms with van der Waals surface area (Å²) in [6.45, 7) is -0.161. The molecule has 0 radical (unpaired) electrons. The minimum Gasteiger partial charge on any atom is -0.465 e. The van der Waals surface area contributed by atoms with Crippen molar-refractivity contribution in [3.8, 4) is 0 Å². The van der Waals surface area contributed by atoms with E-state index < -0.39 is 36.0 Å². The third-order valence-electron chi connectivity index (χ3n) is 4.40. The Morgan fingerprint density at radius 3 is 2.38 bits per heavy atom. The summed E-state index contributed by atoms with van der Waals surface area (Å²) in [6, 6.07) is 3.34. The van der Waals surface area contributed by atoms with Crippen molar-refractivity contribution in [2.45, 2.75) is 31.0 Å². The van der Waals surface area contributed by atoms with Crippen LogP contribution in [0.4, 0.5) is 22.4 Å². The zero-order valence-electron chi connectivity index (χ0n) is 12.5. The van der Waals surface area contributed by atoms with Gasteiger partial charge < -0.3 is 15.1 Å². The van der Waals surface area contributed by atoms with Gasteiger partial charge in [0.2, 0.25) is 0 Å². The fraction of sp³-hybridized carbons (Fsp3) is 0.533. The van der Waals surface area contributed by atoms with Gasteiger partial charge in [-0.25, -0.2) is 9.18 Å². The number of alkyl halides is 3. The van der Waals surface area contributed by atoms with Crippen molar-refractivity contribution in [3.05, 3.63) is 34.1 Å². The second-order valence-corrected chi connectivity index (χ2v) is 6.73. The number of hydrogen-bond acceptors (Lipinski definition) is 2. The molecule has 1 amide bonds. The number of hydrogen-bond donors (Lipinski definition) is 2. The maximum absolute atomic E-state index is 13.6. The molecule has 0 saturated carbocycles. The van der Waals surface area contributed by atoms with E-state index in [1.807, 2.05) is 0 Å². The molecule has 134 valence electrons. The fourth-order valence-electron chi connectivity index (χ4n) is 2.99. The highest BCUT2D eigenvalue weighted by atomic mass is 79.9. The Bertz CT molecular complexity index is 617. The zero-order valence-corrected chi connectivity index (χ0v) is 14.1. The monoisotopic (exact) mass is 413 g/mol. The number of amides is 1. The third-order valence-corrected chi connectivity index (χ3v) is 5.17. The number of rotatable bonds is 3. The number of carbonyl (C=O) groups is 1. The van der Waals surface area contributed by atoms with Crippen LogP contribution in [0.1, 0.15) is 18.4 Å². The van der Waals surface area contributed by atoms with Crippen molar-refractivity contribution in [3.63, 3.8) is 0 Å². The summed E-state index contributed by atoms with van der Waals surface area (Å²) in [5, 5.41) is 19.3. The molecule has 4 nitrogen and oxygen atoms in total. The average molecular weight is 414 g/mol. The smallest absolute Gasteiger partial charge is 0.417 e. The van der Waals surface area contributed by atoms with Crippen LogP contribution in [0.2, 0.25) is 0 Å². The summed E-state index contributed by atoms with van der Waals surface area (Å²) in [5.41, 5.74) is -3.04. The highest BCUT2D eigenvalue weighted by Crippen LogP contribution is 2.44. The standard InChI is InChI=1S/C15H16BrF4NO3/c16-12-2-1-11(17)7-9(12)8-14(24,15(18,19)20)10-3-5-21(6-4-10)13(22)23/h1-2,7,10,24H,3-6,8H2,(H,22,23). The lowest BCUT2D eigenvalue weighted by Crippen LogP contribution is -2.56. The number of aliphatic hydroxyl groups is 1. The Balaban J connectivity index is 2.27. The molecule has 1 fully saturated rings. The van der Waals surface area contributed by atoms with Gasteiger partial charge in [-0.3, -0.25) is 0 Å². The highest BCUT2D eigenvalue weighted by molar-refractivity contribution is 9.10. The molecule has 2 N–H and O–H groups in total. The average Bonchev–Trinajstić information content (AvgIpc) is 2.49. The van der Waals surface area contributed by atoms with Gasteiger partial charge in [-0.15, -0.1) is 0 Å². The molecule has 9 heteroatoms. The van der Waals surface area contributed by atoms with Crippen molar-refractivity contribution in [1.82, 2.24) is 4.90 Å². The molecule has 1 unspecified atom stereocenters. The topological polar surface area (TPSA) is 60.8 Å². The predicted molar refractivity (Wildman–Crippen MR) is 81.1 cm³/mol. The number of benzene rings is 1. The fourth-order valence-corrected chi connectivity index (χ4v) is 3.38. The van der Waals surface area contributed by atoms with Gasteiger partial charge in [0.15, 0.2) is 5.60 Å². The molecule has 2 rings (SSSR count). The number of piperidine rings is 1. The molecule has 1 aromatic rings. The van der Waals surface area contributed by atoms with Gasteiger partial charge in [0.25, 0.3) is 0 Å². The van der Waals surface area contributed by atoms with Gasteiger partial charge in [0, 0.05) is 29.9 Å². The van der Waals surface area contributed by atoms with Gasteiger partial charge in [0.05, 0.1) is 0 Å². The largest absolute Gasteiger partial charge is 0.465 e. The molecule has 0 aromatic heterocycles. The number of nitrogens with zero attached hydrogens (tertiary/aromatic N) is 1. The van der Waals surface area contributed by atoms with Crippen molar-refractivity contribution in [2.24, 2.45) is 5.92 Å². The zero-order chi connectivity index (χ0) is 18.1. The molecule has 0 aliphatic carbocycles. The second kappa shape index (κ2) is 6.87. The van der Waals surface area contributed by atoms with Crippen molar-refractivity contribution >= 4 is 22.0 Å². The second-order valence-electron chi connectivity index (χ2n) is 5.88. The summed E-state index contributed by atoms with van der Waals surface area (Å²) in [5.74, 6) is -1.86. The Kier molecular flexibility index (Phi) is 5.44. The molecule has 1 aliphatic rings. The normalized spacial score (nSPS) is 19.2. The summed E-state index contributed by atoms with van der Waals surface area (Å²) < 4.78 is 54.3. The highest BCUT2D eigenvalue weighted by Gasteiger charge is 2.58. The van der Waals surface area contributed by atoms with E-state index in [1.165, 1.54) is 6.07 Å². The molecule has 24 heavy (non-hydrogen) atoms. The van der Waals surface area contributed by atoms with E-state index in [0.29, 0.717) is 0 Å². The molecular formula is C15H16BrF4NO3. The van der Waals surface area contributed by atoms with Crippen LogP contribution in [0.5, 0.6) is 0 Å². The number of halogens is 5. The van der Waals surface area contributed by atoms with Crippen LogP contribution in [0.15, 0.2) is 22.7 Å². The lowest BCUT2D eigenvalue weighted by atomic mass is 9.76. The van der Waals surface area contributed by atoms with Crippen LogP contribution in [-0.4, -0.2) is 46.1 Å². The van der Waals surface area contributed by atoms with Crippen molar-refractivity contribution < 1.29 is 32.6 Å². The van der Waals surface area contributed by atoms with Gasteiger partial charge >= 0.3 is 12.3 Å². The van der Waals surface area contributed by atoms with E-state index in [-0.39, 0.29) is 36.0 Å². The van der Waals surface area contributed by atoms with Gasteiger partial charge in [-0.05, 0) is 36.6 Å². The SMILES string of the molecule is O=C(O)N1CCC(C(O)(Cc2cc(F)ccc2Br)C(F)(F)F)CC1. The lowest BCUT2D eigenvalue weighted by Gasteiger charge is -2.42. The summed E-state index contributed by atoms with van der Waals surface area (Å²) in [7, 11) is 0. The third kappa shape index (κ3) is 3.83. The first-order chi connectivity index (χ1) is 11.0. The van der Waals surface area contributed by atoms with E-state index in [1.54, 1.807) is 0 Å². The Hall–Kier alpha value is -1.35. The van der Waals surface area contributed by atoms with Crippen LogP contribution < -0.4 is 0 Å². The first-order valence-electron chi connectivity index (χ1n) is 7.25. The van der Waals surface area contributed by atoms with Gasteiger partial charge in [0.1, 0.15) is 5.82 Å². The number of carboxylic acid groups (broad SMARTS) is 1. The first-order valence-corrected chi connectivity index (χ1v) is 8.05. The number of likely N-dealkylation sites (tertiary alicyclic amines) is 1. The summed E-state index contributed by atoms with van der Waals surface area (Å²) in [6.07, 6.45) is -7.15. The van der Waals surface area contributed by atoms with Crippen LogP contribution in [0, 0.1) is 11.7 Å². The van der Waals surface area contributed by atoms with Crippen LogP contribution in [0.3, 0.4) is 0 Å². The minimum atomic E-state index is -4.92. The molecule has 1 atom stereocenters. The molecular weight excluding hydrogens is 398 g/mol. The van der Waals surface area contributed by atoms with E-state index in [0.717, 1.165) is 17.0 Å². The predicted octanol–water partition coefficient (Wildman–Crippen LogP) is 3.81. The molecule has 1 saturated heterocycles. The van der Waals surface area contributed by atoms with Crippen molar-refractivity contribution in [2.75, 3.05) is 13.1 Å². The maximum Gasteiger partial charge on any atom is 0.417 e. The lowest BCUT2D eigenvalue weighted by molar-refractivity contribution is -0.282. The molecule has 0 spiro atoms. The quantitative estimate of drug-likeness (QED) is 0.740. The molecule has 1 heterocycles. The summed E-state index contributed by atoms with van der Waals surface area (Å²) in [4.78, 5) is 11.9. The van der Waals surface area contributed by atoms with Crippen LogP contribution in [0.25, 0.3) is 0 Å². The Morgan fingerprint density at radius 1 is 1.29 bits per heavy atom. The van der Waals surface area contributed by atoms with E-state index >= 15 is 0 Å². The maximum atomic E-state index is 13.6. The summed E-state index contributed by atoms with van der Waals surface area (Å²) >= 11 is 3.07. The van der Waals surface area contributed by atoms with E-state index in [4.69, 9.17) is 5.11 Å². The first kappa shape index (κ1) is 19.0. The molecule has 1 aromatic carbocycles. The van der Waals surface area contributed by atoms with E-state index in [2.05, 4.69) is 15.9 Å². The molecule has 0 bridgehead atoms. The Morgan fingerprint density at radius 2 is 1.88 bits per heavy atom. The molecule has 1 aliphatic heterocycles. The van der Waals surface area contributed by atoms with Crippen LogP contribution >= 0.6 is 15.9 Å². The van der Waals surface area contributed by atoms with Gasteiger partial charge in [-0.1, -0.05) is 15.9 Å². The van der Waals surface area contributed by atoms with Gasteiger partial charge in [-0.2, -0.15) is 13.2 Å². The van der Waals surface area contributed by atoms with Crippen molar-refractivity contribution in [1.29, 1.82) is 0 Å². The van der Waals surface area contributed by atoms with E-state index in [9.17, 15) is 27.5 Å².